The van der Waals surface area contributed by atoms with E-state index in [4.69, 9.17) is 25.4 Å². The Balaban J connectivity index is 2.99. The van der Waals surface area contributed by atoms with Gasteiger partial charge >= 0.3 is 17.9 Å². The lowest BCUT2D eigenvalue weighted by Crippen LogP contribution is -2.48. The fourth-order valence-corrected chi connectivity index (χ4v) is 1.76. The Bertz CT molecular complexity index is 500. The summed E-state index contributed by atoms with van der Waals surface area (Å²) in [6.45, 7) is 3.45. The molecule has 0 aromatic rings. The topological polar surface area (TPSA) is 88.1 Å². The molecule has 0 N–H and O–H groups in total. The molecule has 1 aliphatic heterocycles. The van der Waals surface area contributed by atoms with E-state index in [0.29, 0.717) is 0 Å². The van der Waals surface area contributed by atoms with Crippen molar-refractivity contribution < 1.29 is 33.3 Å². The second-order valence-corrected chi connectivity index (χ2v) is 4.28. The summed E-state index contributed by atoms with van der Waals surface area (Å²) in [7, 11) is 0. The molecule has 0 aromatic carbocycles. The van der Waals surface area contributed by atoms with Crippen molar-refractivity contribution in [1.82, 2.24) is 0 Å². The van der Waals surface area contributed by atoms with E-state index in [0.717, 1.165) is 0 Å². The molecule has 1 rings (SSSR count). The Kier molecular flexibility index (Phi) is 5.79. The first-order chi connectivity index (χ1) is 9.83. The van der Waals surface area contributed by atoms with Crippen LogP contribution in [0.5, 0.6) is 0 Å². The van der Waals surface area contributed by atoms with Crippen molar-refractivity contribution in [2.24, 2.45) is 0 Å². The van der Waals surface area contributed by atoms with Crippen molar-refractivity contribution in [3.05, 3.63) is 11.8 Å². The summed E-state index contributed by atoms with van der Waals surface area (Å²) in [6, 6.07) is 0. The zero-order valence-corrected chi connectivity index (χ0v) is 12.0. The summed E-state index contributed by atoms with van der Waals surface area (Å²) in [4.78, 5) is 33.2. The molecule has 0 unspecified atom stereocenters. The Morgan fingerprint density at radius 3 is 2.29 bits per heavy atom. The Morgan fingerprint density at radius 1 is 1.19 bits per heavy atom. The third-order valence-electron chi connectivity index (χ3n) is 2.48. The van der Waals surface area contributed by atoms with Gasteiger partial charge in [0.15, 0.2) is 24.1 Å². The van der Waals surface area contributed by atoms with Gasteiger partial charge in [0, 0.05) is 26.8 Å². The Hall–Kier alpha value is -2.49. The number of rotatable bonds is 4. The second-order valence-electron chi connectivity index (χ2n) is 4.28. The van der Waals surface area contributed by atoms with Gasteiger partial charge < -0.3 is 18.9 Å². The summed E-state index contributed by atoms with van der Waals surface area (Å²) in [6.07, 6.45) is 3.89. The highest BCUT2D eigenvalue weighted by Crippen LogP contribution is 2.23. The van der Waals surface area contributed by atoms with Crippen LogP contribution in [0.15, 0.2) is 11.8 Å². The van der Waals surface area contributed by atoms with E-state index in [1.54, 1.807) is 0 Å². The predicted octanol–water partition coefficient (Wildman–Crippen LogP) is 0.329. The van der Waals surface area contributed by atoms with Crippen LogP contribution in [0.1, 0.15) is 20.8 Å². The first-order valence-corrected chi connectivity index (χ1v) is 6.16. The molecule has 7 heteroatoms. The predicted molar refractivity (Wildman–Crippen MR) is 69.5 cm³/mol. The van der Waals surface area contributed by atoms with Gasteiger partial charge in [0.1, 0.15) is 6.61 Å². The lowest BCUT2D eigenvalue weighted by atomic mass is 10.0. The zero-order valence-electron chi connectivity index (χ0n) is 12.0. The van der Waals surface area contributed by atoms with E-state index >= 15 is 0 Å². The molecule has 0 aromatic heterocycles. The van der Waals surface area contributed by atoms with Crippen LogP contribution in [0.4, 0.5) is 0 Å². The Labute approximate surface area is 122 Å². The molecule has 114 valence electrons. The average Bonchev–Trinajstić information content (AvgIpc) is 2.37. The maximum Gasteiger partial charge on any atom is 0.303 e. The van der Waals surface area contributed by atoms with E-state index in [1.807, 2.05) is 0 Å². The molecule has 1 heterocycles. The lowest BCUT2D eigenvalue weighted by molar-refractivity contribution is -0.180. The van der Waals surface area contributed by atoms with Crippen LogP contribution in [-0.4, -0.2) is 42.8 Å². The van der Waals surface area contributed by atoms with E-state index < -0.39 is 36.2 Å². The van der Waals surface area contributed by atoms with Crippen LogP contribution >= 0.6 is 0 Å². The van der Waals surface area contributed by atoms with Gasteiger partial charge in [0.05, 0.1) is 0 Å². The van der Waals surface area contributed by atoms with Crippen LogP contribution in [0.2, 0.25) is 0 Å². The van der Waals surface area contributed by atoms with Crippen molar-refractivity contribution in [2.45, 2.75) is 39.1 Å². The maximum atomic E-state index is 11.2. The lowest BCUT2D eigenvalue weighted by Gasteiger charge is -2.34. The number of esters is 3. The SMILES string of the molecule is C#CC1=C[C@@H](OC(C)=O)[C@H](OC(C)=O)[C@@H](COC(C)=O)O1. The number of hydrogen-bond acceptors (Lipinski definition) is 7. The average molecular weight is 296 g/mol. The molecule has 0 saturated carbocycles. The highest BCUT2D eigenvalue weighted by Gasteiger charge is 2.40. The number of hydrogen-bond donors (Lipinski definition) is 0. The molecular formula is C14H16O7. The summed E-state index contributed by atoms with van der Waals surface area (Å²) >= 11 is 0. The van der Waals surface area contributed by atoms with Crippen molar-refractivity contribution >= 4 is 17.9 Å². The number of allylic oxidation sites excluding steroid dienone is 1. The van der Waals surface area contributed by atoms with Gasteiger partial charge in [-0.2, -0.15) is 0 Å². The van der Waals surface area contributed by atoms with Crippen LogP contribution < -0.4 is 0 Å². The fraction of sp³-hybridized carbons (Fsp3) is 0.500. The molecule has 7 nitrogen and oxygen atoms in total. The van der Waals surface area contributed by atoms with Crippen molar-refractivity contribution in [3.63, 3.8) is 0 Å². The molecule has 3 atom stereocenters. The third-order valence-corrected chi connectivity index (χ3v) is 2.48. The quantitative estimate of drug-likeness (QED) is 0.419. The van der Waals surface area contributed by atoms with Gasteiger partial charge in [-0.25, -0.2) is 0 Å². The largest absolute Gasteiger partial charge is 0.475 e. The van der Waals surface area contributed by atoms with Gasteiger partial charge in [0.25, 0.3) is 0 Å². The van der Waals surface area contributed by atoms with Gasteiger partial charge in [0.2, 0.25) is 0 Å². The highest BCUT2D eigenvalue weighted by atomic mass is 16.6. The van der Waals surface area contributed by atoms with Crippen molar-refractivity contribution in [2.75, 3.05) is 6.61 Å². The summed E-state index contributed by atoms with van der Waals surface area (Å²) in [5.74, 6) is 0.688. The number of terminal acetylenes is 1. The first kappa shape index (κ1) is 16.6. The molecule has 0 radical (unpaired) electrons. The molecule has 1 aliphatic rings. The minimum atomic E-state index is -0.956. The van der Waals surface area contributed by atoms with E-state index in [-0.39, 0.29) is 12.4 Å². The molecule has 0 spiro atoms. The van der Waals surface area contributed by atoms with E-state index in [1.165, 1.54) is 26.8 Å². The highest BCUT2D eigenvalue weighted by molar-refractivity contribution is 5.68. The van der Waals surface area contributed by atoms with Crippen molar-refractivity contribution in [1.29, 1.82) is 0 Å². The zero-order chi connectivity index (χ0) is 16.0. The maximum absolute atomic E-state index is 11.2. The van der Waals surface area contributed by atoms with Crippen LogP contribution in [0.25, 0.3) is 0 Å². The summed E-state index contributed by atoms with van der Waals surface area (Å²) in [5.41, 5.74) is 0. The Morgan fingerprint density at radius 2 is 1.81 bits per heavy atom. The molecule has 0 aliphatic carbocycles. The molecule has 0 bridgehead atoms. The number of carbonyl (C=O) groups is 3. The molecular weight excluding hydrogens is 280 g/mol. The van der Waals surface area contributed by atoms with Crippen molar-refractivity contribution in [3.8, 4) is 12.3 Å². The monoisotopic (exact) mass is 296 g/mol. The van der Waals surface area contributed by atoms with E-state index in [9.17, 15) is 14.4 Å². The molecule has 0 saturated heterocycles. The van der Waals surface area contributed by atoms with Crippen LogP contribution in [-0.2, 0) is 33.3 Å². The minimum absolute atomic E-state index is 0.113. The molecule has 0 amide bonds. The standard InChI is InChI=1S/C14H16O7/c1-5-11-6-12(19-9(3)16)14(20-10(4)17)13(21-11)7-18-8(2)15/h1,6,12-14H,7H2,2-4H3/t12-,13-,14+/m1/s1. The second kappa shape index (κ2) is 7.33. The van der Waals surface area contributed by atoms with Gasteiger partial charge in [-0.15, -0.1) is 6.42 Å². The first-order valence-electron chi connectivity index (χ1n) is 6.16. The summed E-state index contributed by atoms with van der Waals surface area (Å²) in [5, 5.41) is 0. The fourth-order valence-electron chi connectivity index (χ4n) is 1.76. The molecule has 0 fully saturated rings. The van der Waals surface area contributed by atoms with Gasteiger partial charge in [-0.3, -0.25) is 14.4 Å². The molecule has 21 heavy (non-hydrogen) atoms. The van der Waals surface area contributed by atoms with Gasteiger partial charge in [-0.1, -0.05) is 0 Å². The van der Waals surface area contributed by atoms with Crippen LogP contribution in [0.3, 0.4) is 0 Å². The third kappa shape index (κ3) is 5.18. The van der Waals surface area contributed by atoms with E-state index in [2.05, 4.69) is 5.92 Å². The number of carbonyl (C=O) groups excluding carboxylic acids is 3. The summed E-state index contributed by atoms with van der Waals surface area (Å²) < 4.78 is 20.4. The number of ether oxygens (including phenoxy) is 4. The smallest absolute Gasteiger partial charge is 0.303 e. The van der Waals surface area contributed by atoms with Gasteiger partial charge in [-0.05, 0) is 5.92 Å². The minimum Gasteiger partial charge on any atom is -0.475 e. The normalized spacial score (nSPS) is 23.9. The van der Waals surface area contributed by atoms with Crippen LogP contribution in [0, 0.1) is 12.3 Å².